The molecule has 3 aliphatic rings. The third-order valence-corrected chi connectivity index (χ3v) is 7.05. The van der Waals surface area contributed by atoms with Crippen molar-refractivity contribution < 1.29 is 19.1 Å². The van der Waals surface area contributed by atoms with Crippen LogP contribution < -0.4 is 20.3 Å². The van der Waals surface area contributed by atoms with E-state index < -0.39 is 0 Å². The summed E-state index contributed by atoms with van der Waals surface area (Å²) >= 11 is 0. The molecule has 162 valence electrons. The number of hydrogen-bond donors (Lipinski definition) is 2. The van der Waals surface area contributed by atoms with Crippen LogP contribution in [0.15, 0.2) is 24.3 Å². The van der Waals surface area contributed by atoms with Crippen LogP contribution in [0.25, 0.3) is 0 Å². The lowest BCUT2D eigenvalue weighted by Gasteiger charge is -2.44. The van der Waals surface area contributed by atoms with Crippen LogP contribution in [0, 0.1) is 17.8 Å². The Morgan fingerprint density at radius 1 is 1.20 bits per heavy atom. The molecule has 7 nitrogen and oxygen atoms in total. The summed E-state index contributed by atoms with van der Waals surface area (Å²) in [6, 6.07) is 7.52. The van der Waals surface area contributed by atoms with E-state index in [-0.39, 0.29) is 42.1 Å². The Kier molecular flexibility index (Phi) is 5.97. The van der Waals surface area contributed by atoms with Crippen molar-refractivity contribution in [3.63, 3.8) is 0 Å². The molecule has 0 aromatic heterocycles. The maximum absolute atomic E-state index is 12.9. The summed E-state index contributed by atoms with van der Waals surface area (Å²) in [5.74, 6) is 1.39. The standard InChI is InChI=1S/C23H31N3O4/c1-3-14-10-21(27)25-20-12-16(4-9-19(14)20)24-23(29)15-11-22(28)26(13-15)17-5-7-18(30-2)8-6-17/h5-8,14-16,19-20H,3-4,9-13H2,1-2H3,(H,24,29)(H,25,27). The molecule has 0 spiro atoms. The first-order valence-electron chi connectivity index (χ1n) is 11.0. The van der Waals surface area contributed by atoms with E-state index in [1.807, 2.05) is 24.3 Å². The van der Waals surface area contributed by atoms with Gasteiger partial charge in [0.2, 0.25) is 17.7 Å². The largest absolute Gasteiger partial charge is 0.497 e. The number of carbonyl (C=O) groups is 3. The highest BCUT2D eigenvalue weighted by molar-refractivity contribution is 6.00. The number of carbonyl (C=O) groups excluding carboxylic acids is 3. The highest BCUT2D eigenvalue weighted by atomic mass is 16.5. The second-order valence-electron chi connectivity index (χ2n) is 8.83. The molecule has 1 aromatic carbocycles. The lowest BCUT2D eigenvalue weighted by Crippen LogP contribution is -2.55. The van der Waals surface area contributed by atoms with Gasteiger partial charge in [0.15, 0.2) is 0 Å². The number of fused-ring (bicyclic) bond motifs is 1. The van der Waals surface area contributed by atoms with E-state index in [9.17, 15) is 14.4 Å². The van der Waals surface area contributed by atoms with Gasteiger partial charge in [-0.1, -0.05) is 13.3 Å². The van der Waals surface area contributed by atoms with Crippen molar-refractivity contribution in [2.75, 3.05) is 18.6 Å². The van der Waals surface area contributed by atoms with E-state index in [0.29, 0.717) is 24.8 Å². The number of ether oxygens (including phenoxy) is 1. The third-order valence-electron chi connectivity index (χ3n) is 7.05. The summed E-state index contributed by atoms with van der Waals surface area (Å²) < 4.78 is 5.17. The van der Waals surface area contributed by atoms with Crippen molar-refractivity contribution in [1.82, 2.24) is 10.6 Å². The van der Waals surface area contributed by atoms with Crippen LogP contribution in [-0.2, 0) is 14.4 Å². The first-order valence-corrected chi connectivity index (χ1v) is 11.0. The van der Waals surface area contributed by atoms with Crippen molar-refractivity contribution in [2.24, 2.45) is 17.8 Å². The summed E-state index contributed by atoms with van der Waals surface area (Å²) in [6.45, 7) is 2.55. The Morgan fingerprint density at radius 3 is 2.67 bits per heavy atom. The SMILES string of the molecule is CCC1CC(=O)NC2CC(NC(=O)C3CC(=O)N(c4ccc(OC)cc4)C3)CCC12. The molecule has 2 saturated heterocycles. The van der Waals surface area contributed by atoms with Crippen LogP contribution in [0.3, 0.4) is 0 Å². The minimum Gasteiger partial charge on any atom is -0.497 e. The highest BCUT2D eigenvalue weighted by Crippen LogP contribution is 2.37. The maximum atomic E-state index is 12.9. The molecule has 5 unspecified atom stereocenters. The van der Waals surface area contributed by atoms with E-state index in [4.69, 9.17) is 4.74 Å². The second kappa shape index (κ2) is 8.66. The fourth-order valence-corrected chi connectivity index (χ4v) is 5.37. The fourth-order valence-electron chi connectivity index (χ4n) is 5.37. The van der Waals surface area contributed by atoms with Gasteiger partial charge in [0.25, 0.3) is 0 Å². The molecule has 30 heavy (non-hydrogen) atoms. The van der Waals surface area contributed by atoms with Crippen LogP contribution in [-0.4, -0.2) is 43.5 Å². The lowest BCUT2D eigenvalue weighted by atomic mass is 9.70. The van der Waals surface area contributed by atoms with Crippen LogP contribution in [0.1, 0.15) is 45.4 Å². The van der Waals surface area contributed by atoms with Gasteiger partial charge in [-0.3, -0.25) is 14.4 Å². The van der Waals surface area contributed by atoms with E-state index in [1.54, 1.807) is 12.0 Å². The van der Waals surface area contributed by atoms with Gasteiger partial charge in [0.05, 0.1) is 13.0 Å². The number of rotatable bonds is 5. The van der Waals surface area contributed by atoms with Gasteiger partial charge in [-0.25, -0.2) is 0 Å². The number of methoxy groups -OCH3 is 1. The summed E-state index contributed by atoms with van der Waals surface area (Å²) in [5, 5.41) is 6.30. The molecular formula is C23H31N3O4. The summed E-state index contributed by atoms with van der Waals surface area (Å²) in [5.41, 5.74) is 0.784. The number of anilines is 1. The van der Waals surface area contributed by atoms with Crippen molar-refractivity contribution >= 4 is 23.4 Å². The van der Waals surface area contributed by atoms with Crippen LogP contribution in [0.4, 0.5) is 5.69 Å². The average Bonchev–Trinajstić information content (AvgIpc) is 3.14. The van der Waals surface area contributed by atoms with Crippen molar-refractivity contribution in [3.05, 3.63) is 24.3 Å². The summed E-state index contributed by atoms with van der Waals surface area (Å²) in [6.07, 6.45) is 4.61. The first kappa shape index (κ1) is 20.7. The first-order chi connectivity index (χ1) is 14.5. The zero-order valence-corrected chi connectivity index (χ0v) is 17.7. The normalized spacial score (nSPS) is 31.1. The van der Waals surface area contributed by atoms with Crippen molar-refractivity contribution in [3.8, 4) is 5.75 Å². The number of nitrogens with one attached hydrogen (secondary N) is 2. The smallest absolute Gasteiger partial charge is 0.227 e. The number of amides is 3. The molecule has 1 saturated carbocycles. The van der Waals surface area contributed by atoms with Gasteiger partial charge in [-0.2, -0.15) is 0 Å². The molecule has 2 aliphatic heterocycles. The Labute approximate surface area is 177 Å². The van der Waals surface area contributed by atoms with E-state index in [2.05, 4.69) is 17.6 Å². The van der Waals surface area contributed by atoms with Gasteiger partial charge in [-0.15, -0.1) is 0 Å². The molecule has 3 amide bonds. The molecule has 4 rings (SSSR count). The van der Waals surface area contributed by atoms with Gasteiger partial charge in [-0.05, 0) is 55.4 Å². The zero-order chi connectivity index (χ0) is 21.3. The molecule has 5 atom stereocenters. The average molecular weight is 414 g/mol. The molecule has 7 heteroatoms. The Bertz CT molecular complexity index is 809. The Morgan fingerprint density at radius 2 is 1.97 bits per heavy atom. The van der Waals surface area contributed by atoms with Crippen molar-refractivity contribution in [1.29, 1.82) is 0 Å². The monoisotopic (exact) mass is 413 g/mol. The maximum Gasteiger partial charge on any atom is 0.227 e. The fraction of sp³-hybridized carbons (Fsp3) is 0.609. The third kappa shape index (κ3) is 4.16. The summed E-state index contributed by atoms with van der Waals surface area (Å²) in [4.78, 5) is 39.1. The number of nitrogens with zero attached hydrogens (tertiary/aromatic N) is 1. The van der Waals surface area contributed by atoms with Crippen molar-refractivity contribution in [2.45, 2.75) is 57.5 Å². The molecule has 2 N–H and O–H groups in total. The number of piperidine rings is 1. The molecule has 2 heterocycles. The topological polar surface area (TPSA) is 87.7 Å². The second-order valence-corrected chi connectivity index (χ2v) is 8.83. The Balaban J connectivity index is 1.34. The minimum atomic E-state index is -0.346. The van der Waals surface area contributed by atoms with E-state index in [1.165, 1.54) is 0 Å². The van der Waals surface area contributed by atoms with Gasteiger partial charge >= 0.3 is 0 Å². The quantitative estimate of drug-likeness (QED) is 0.775. The molecule has 3 fully saturated rings. The van der Waals surface area contributed by atoms with E-state index in [0.717, 1.165) is 37.1 Å². The minimum absolute atomic E-state index is 0.0330. The predicted octanol–water partition coefficient (Wildman–Crippen LogP) is 2.25. The summed E-state index contributed by atoms with van der Waals surface area (Å²) in [7, 11) is 1.60. The van der Waals surface area contributed by atoms with E-state index >= 15 is 0 Å². The molecule has 1 aromatic rings. The zero-order valence-electron chi connectivity index (χ0n) is 17.7. The van der Waals surface area contributed by atoms with Crippen LogP contribution in [0.2, 0.25) is 0 Å². The van der Waals surface area contributed by atoms with Gasteiger partial charge in [0.1, 0.15) is 5.75 Å². The molecule has 0 radical (unpaired) electrons. The predicted molar refractivity (Wildman–Crippen MR) is 113 cm³/mol. The lowest BCUT2D eigenvalue weighted by molar-refractivity contribution is -0.128. The Hall–Kier alpha value is -2.57. The highest BCUT2D eigenvalue weighted by Gasteiger charge is 2.41. The number of benzene rings is 1. The van der Waals surface area contributed by atoms with Gasteiger partial charge < -0.3 is 20.3 Å². The van der Waals surface area contributed by atoms with Crippen LogP contribution in [0.5, 0.6) is 5.75 Å². The van der Waals surface area contributed by atoms with Crippen LogP contribution >= 0.6 is 0 Å². The molecular weight excluding hydrogens is 382 g/mol. The van der Waals surface area contributed by atoms with Gasteiger partial charge in [0, 0.05) is 37.2 Å². The molecule has 1 aliphatic carbocycles. The number of hydrogen-bond acceptors (Lipinski definition) is 4. The molecule has 0 bridgehead atoms.